The molecule has 0 aromatic carbocycles. The van der Waals surface area contributed by atoms with Gasteiger partial charge in [-0.2, -0.15) is 0 Å². The van der Waals surface area contributed by atoms with Gasteiger partial charge in [0.05, 0.1) is 5.92 Å². The first-order valence-electron chi connectivity index (χ1n) is 4.85. The molecule has 1 unspecified atom stereocenters. The molecule has 0 heterocycles. The van der Waals surface area contributed by atoms with Crippen molar-refractivity contribution in [1.29, 1.82) is 0 Å². The summed E-state index contributed by atoms with van der Waals surface area (Å²) in [6.07, 6.45) is 1.04. The third kappa shape index (κ3) is 5.91. The van der Waals surface area contributed by atoms with Crippen LogP contribution >= 0.6 is 12.2 Å². The van der Waals surface area contributed by atoms with Crippen molar-refractivity contribution in [1.82, 2.24) is 0 Å². The Hall–Kier alpha value is -0.640. The maximum Gasteiger partial charge on any atom is 0.311 e. The summed E-state index contributed by atoms with van der Waals surface area (Å²) in [6.45, 7) is 7.24. The summed E-state index contributed by atoms with van der Waals surface area (Å²) in [5, 5.41) is 0.403. The number of ether oxygens (including phenoxy) is 2. The molecule has 0 fully saturated rings. The fraction of sp³-hybridized carbons (Fsp3) is 0.800. The standard InChI is InChI=1S/C10H18O3S/c1-5-6-9(12-8(4)14)13-10(11)7(2)3/h7,9H,5-6H2,1-4H3. The normalized spacial score (nSPS) is 12.4. The third-order valence-corrected chi connectivity index (χ3v) is 1.64. The van der Waals surface area contributed by atoms with Crippen LogP contribution in [0.25, 0.3) is 0 Å². The van der Waals surface area contributed by atoms with Crippen LogP contribution in [0.4, 0.5) is 0 Å². The van der Waals surface area contributed by atoms with Crippen LogP contribution in [0.1, 0.15) is 40.5 Å². The molecule has 82 valence electrons. The molecule has 1 atom stereocenters. The third-order valence-electron chi connectivity index (χ3n) is 1.54. The molecule has 0 aromatic heterocycles. The number of hydrogen-bond acceptors (Lipinski definition) is 4. The molecule has 0 amide bonds. The summed E-state index contributed by atoms with van der Waals surface area (Å²) >= 11 is 4.79. The monoisotopic (exact) mass is 218 g/mol. The second-order valence-electron chi connectivity index (χ2n) is 3.42. The Morgan fingerprint density at radius 1 is 1.36 bits per heavy atom. The fourth-order valence-corrected chi connectivity index (χ4v) is 0.936. The minimum absolute atomic E-state index is 0.136. The SMILES string of the molecule is CCCC(OC(=O)C(C)C)OC(C)=S. The van der Waals surface area contributed by atoms with E-state index in [9.17, 15) is 4.79 Å². The Kier molecular flexibility index (Phi) is 6.45. The topological polar surface area (TPSA) is 35.5 Å². The summed E-state index contributed by atoms with van der Waals surface area (Å²) in [7, 11) is 0. The molecule has 0 aliphatic rings. The molecule has 0 N–H and O–H groups in total. The first kappa shape index (κ1) is 13.4. The van der Waals surface area contributed by atoms with E-state index in [1.165, 1.54) is 0 Å². The van der Waals surface area contributed by atoms with E-state index >= 15 is 0 Å². The highest BCUT2D eigenvalue weighted by molar-refractivity contribution is 7.80. The van der Waals surface area contributed by atoms with Crippen LogP contribution in [0.5, 0.6) is 0 Å². The number of carbonyl (C=O) groups is 1. The Morgan fingerprint density at radius 2 is 1.93 bits per heavy atom. The van der Waals surface area contributed by atoms with Gasteiger partial charge < -0.3 is 9.47 Å². The largest absolute Gasteiger partial charge is 0.449 e. The van der Waals surface area contributed by atoms with E-state index in [-0.39, 0.29) is 11.9 Å². The van der Waals surface area contributed by atoms with E-state index in [1.807, 2.05) is 6.92 Å². The molecule has 0 saturated carbocycles. The predicted molar refractivity (Wildman–Crippen MR) is 59.0 cm³/mol. The smallest absolute Gasteiger partial charge is 0.311 e. The maximum absolute atomic E-state index is 11.3. The van der Waals surface area contributed by atoms with Crippen molar-refractivity contribution in [2.24, 2.45) is 5.92 Å². The molecular weight excluding hydrogens is 200 g/mol. The number of carbonyl (C=O) groups excluding carboxylic acids is 1. The van der Waals surface area contributed by atoms with Gasteiger partial charge in [-0.1, -0.05) is 20.8 Å². The molecule has 3 nitrogen and oxygen atoms in total. The zero-order valence-electron chi connectivity index (χ0n) is 9.20. The average Bonchev–Trinajstić information content (AvgIpc) is 2.02. The Bertz CT molecular complexity index is 202. The molecular formula is C10H18O3S. The van der Waals surface area contributed by atoms with Crippen molar-refractivity contribution >= 4 is 23.2 Å². The van der Waals surface area contributed by atoms with Gasteiger partial charge in [0.15, 0.2) is 5.05 Å². The van der Waals surface area contributed by atoms with E-state index in [1.54, 1.807) is 20.8 Å². The predicted octanol–water partition coefficient (Wildman–Crippen LogP) is 2.68. The van der Waals surface area contributed by atoms with Gasteiger partial charge in [0, 0.05) is 13.3 Å². The molecule has 0 bridgehead atoms. The van der Waals surface area contributed by atoms with Gasteiger partial charge in [-0.3, -0.25) is 4.79 Å². The zero-order valence-corrected chi connectivity index (χ0v) is 10.0. The van der Waals surface area contributed by atoms with E-state index in [4.69, 9.17) is 21.7 Å². The van der Waals surface area contributed by atoms with Crippen molar-refractivity contribution < 1.29 is 14.3 Å². The van der Waals surface area contributed by atoms with Crippen molar-refractivity contribution in [2.45, 2.75) is 46.8 Å². The van der Waals surface area contributed by atoms with Crippen molar-refractivity contribution in [3.63, 3.8) is 0 Å². The van der Waals surface area contributed by atoms with Crippen LogP contribution in [-0.4, -0.2) is 17.3 Å². The lowest BCUT2D eigenvalue weighted by Gasteiger charge is -2.18. The first-order valence-corrected chi connectivity index (χ1v) is 5.25. The van der Waals surface area contributed by atoms with Crippen LogP contribution in [0.3, 0.4) is 0 Å². The summed E-state index contributed by atoms with van der Waals surface area (Å²) in [5.41, 5.74) is 0. The van der Waals surface area contributed by atoms with Gasteiger partial charge in [-0.05, 0) is 18.6 Å². The first-order chi connectivity index (χ1) is 6.47. The lowest BCUT2D eigenvalue weighted by molar-refractivity contribution is -0.169. The van der Waals surface area contributed by atoms with Gasteiger partial charge in [0.2, 0.25) is 6.29 Å². The fourth-order valence-electron chi connectivity index (χ4n) is 0.828. The van der Waals surface area contributed by atoms with Gasteiger partial charge in [0.25, 0.3) is 0 Å². The molecule has 0 rings (SSSR count). The van der Waals surface area contributed by atoms with Gasteiger partial charge in [-0.25, -0.2) is 0 Å². The van der Waals surface area contributed by atoms with Crippen LogP contribution in [0, 0.1) is 5.92 Å². The highest BCUT2D eigenvalue weighted by Crippen LogP contribution is 2.08. The van der Waals surface area contributed by atoms with Crippen molar-refractivity contribution in [3.8, 4) is 0 Å². The molecule has 0 aromatic rings. The molecule has 0 aliphatic heterocycles. The molecule has 0 aliphatic carbocycles. The minimum Gasteiger partial charge on any atom is -0.449 e. The van der Waals surface area contributed by atoms with E-state index in [2.05, 4.69) is 0 Å². The summed E-state index contributed by atoms with van der Waals surface area (Å²) in [5.74, 6) is -0.386. The number of hydrogen-bond donors (Lipinski definition) is 0. The van der Waals surface area contributed by atoms with Crippen molar-refractivity contribution in [2.75, 3.05) is 0 Å². The molecule has 0 spiro atoms. The number of esters is 1. The van der Waals surface area contributed by atoms with Gasteiger partial charge in [-0.15, -0.1) is 0 Å². The summed E-state index contributed by atoms with van der Waals surface area (Å²) < 4.78 is 10.3. The Labute approximate surface area is 90.8 Å². The van der Waals surface area contributed by atoms with Crippen LogP contribution in [-0.2, 0) is 14.3 Å². The second kappa shape index (κ2) is 6.76. The number of thiocarbonyl (C=S) groups is 1. The Morgan fingerprint density at radius 3 is 2.29 bits per heavy atom. The van der Waals surface area contributed by atoms with Crippen molar-refractivity contribution in [3.05, 3.63) is 0 Å². The summed E-state index contributed by atoms with van der Waals surface area (Å²) in [4.78, 5) is 11.3. The molecule has 4 heteroatoms. The maximum atomic E-state index is 11.3. The van der Waals surface area contributed by atoms with Crippen LogP contribution in [0.15, 0.2) is 0 Å². The zero-order chi connectivity index (χ0) is 11.1. The Balaban J connectivity index is 4.08. The quantitative estimate of drug-likeness (QED) is 0.404. The summed E-state index contributed by atoms with van der Waals surface area (Å²) in [6, 6.07) is 0. The van der Waals surface area contributed by atoms with E-state index < -0.39 is 6.29 Å². The van der Waals surface area contributed by atoms with Crippen LogP contribution in [0.2, 0.25) is 0 Å². The number of rotatable bonds is 5. The average molecular weight is 218 g/mol. The highest BCUT2D eigenvalue weighted by atomic mass is 32.1. The minimum atomic E-state index is -0.521. The molecule has 0 saturated heterocycles. The van der Waals surface area contributed by atoms with Crippen LogP contribution < -0.4 is 0 Å². The second-order valence-corrected chi connectivity index (χ2v) is 3.99. The highest BCUT2D eigenvalue weighted by Gasteiger charge is 2.17. The van der Waals surface area contributed by atoms with E-state index in [0.717, 1.165) is 6.42 Å². The molecule has 0 radical (unpaired) electrons. The van der Waals surface area contributed by atoms with Gasteiger partial charge in [0.1, 0.15) is 0 Å². The lowest BCUT2D eigenvalue weighted by Crippen LogP contribution is -2.25. The van der Waals surface area contributed by atoms with E-state index in [0.29, 0.717) is 11.5 Å². The molecule has 14 heavy (non-hydrogen) atoms. The lowest BCUT2D eigenvalue weighted by atomic mass is 10.2. The van der Waals surface area contributed by atoms with Gasteiger partial charge >= 0.3 is 5.97 Å².